The largest absolute Gasteiger partial charge is 0.398 e. The summed E-state index contributed by atoms with van der Waals surface area (Å²) in [6.07, 6.45) is 0.997. The number of anilines is 2. The molecule has 4 nitrogen and oxygen atoms in total. The van der Waals surface area contributed by atoms with Gasteiger partial charge in [-0.05, 0) is 31.0 Å². The molecule has 0 atom stereocenters. The molecule has 0 aromatic heterocycles. The van der Waals surface area contributed by atoms with E-state index in [9.17, 15) is 4.79 Å². The average molecular weight is 233 g/mol. The van der Waals surface area contributed by atoms with E-state index in [4.69, 9.17) is 5.73 Å². The summed E-state index contributed by atoms with van der Waals surface area (Å²) >= 11 is 0. The molecule has 1 aromatic rings. The van der Waals surface area contributed by atoms with E-state index >= 15 is 0 Å². The van der Waals surface area contributed by atoms with E-state index in [1.165, 1.54) is 0 Å². The van der Waals surface area contributed by atoms with Crippen molar-refractivity contribution in [3.63, 3.8) is 0 Å². The van der Waals surface area contributed by atoms with E-state index in [2.05, 4.69) is 4.90 Å². The lowest BCUT2D eigenvalue weighted by Crippen LogP contribution is -2.34. The quantitative estimate of drug-likeness (QED) is 0.743. The van der Waals surface area contributed by atoms with E-state index in [1.54, 1.807) is 4.90 Å². The standard InChI is InChI=1S/C13H19N3O/c1-10-11(14)5-3-6-12(10)16-8-4-7-15(2)13(17)9-16/h3,5-6H,4,7-9,14H2,1-2H3. The minimum absolute atomic E-state index is 0.171. The van der Waals surface area contributed by atoms with Crippen molar-refractivity contribution in [3.05, 3.63) is 23.8 Å². The smallest absolute Gasteiger partial charge is 0.241 e. The van der Waals surface area contributed by atoms with Crippen molar-refractivity contribution >= 4 is 17.3 Å². The van der Waals surface area contributed by atoms with Crippen LogP contribution >= 0.6 is 0 Å². The molecule has 1 aliphatic heterocycles. The van der Waals surface area contributed by atoms with Crippen molar-refractivity contribution < 1.29 is 4.79 Å². The van der Waals surface area contributed by atoms with Gasteiger partial charge in [0, 0.05) is 31.5 Å². The number of hydrogen-bond donors (Lipinski definition) is 1. The van der Waals surface area contributed by atoms with Crippen molar-refractivity contribution in [1.29, 1.82) is 0 Å². The zero-order valence-electron chi connectivity index (χ0n) is 10.4. The van der Waals surface area contributed by atoms with Crippen LogP contribution < -0.4 is 10.6 Å². The zero-order valence-corrected chi connectivity index (χ0v) is 10.4. The predicted octanol–water partition coefficient (Wildman–Crippen LogP) is 1.25. The highest BCUT2D eigenvalue weighted by atomic mass is 16.2. The van der Waals surface area contributed by atoms with Crippen LogP contribution in [0, 0.1) is 6.92 Å². The predicted molar refractivity (Wildman–Crippen MR) is 70.1 cm³/mol. The van der Waals surface area contributed by atoms with Crippen molar-refractivity contribution in [3.8, 4) is 0 Å². The maximum atomic E-state index is 11.8. The van der Waals surface area contributed by atoms with Gasteiger partial charge in [-0.15, -0.1) is 0 Å². The van der Waals surface area contributed by atoms with Crippen LogP contribution in [0.5, 0.6) is 0 Å². The van der Waals surface area contributed by atoms with Gasteiger partial charge in [-0.3, -0.25) is 4.79 Å². The molecule has 17 heavy (non-hydrogen) atoms. The fraction of sp³-hybridized carbons (Fsp3) is 0.462. The average Bonchev–Trinajstić information content (AvgIpc) is 2.46. The number of benzene rings is 1. The van der Waals surface area contributed by atoms with Gasteiger partial charge in [0.25, 0.3) is 0 Å². The molecule has 92 valence electrons. The molecule has 0 radical (unpaired) electrons. The Hall–Kier alpha value is -1.71. The fourth-order valence-corrected chi connectivity index (χ4v) is 2.18. The van der Waals surface area contributed by atoms with E-state index in [0.29, 0.717) is 6.54 Å². The third-order valence-electron chi connectivity index (χ3n) is 3.36. The van der Waals surface area contributed by atoms with Gasteiger partial charge in [-0.1, -0.05) is 6.07 Å². The number of nitrogen functional groups attached to an aromatic ring is 1. The number of nitrogens with two attached hydrogens (primary N) is 1. The summed E-state index contributed by atoms with van der Waals surface area (Å²) in [6.45, 7) is 4.18. The molecule has 4 heteroatoms. The van der Waals surface area contributed by atoms with E-state index in [0.717, 1.165) is 36.4 Å². The first kappa shape index (κ1) is 11.8. The molecule has 0 aliphatic carbocycles. The minimum Gasteiger partial charge on any atom is -0.398 e. The maximum absolute atomic E-state index is 11.8. The summed E-state index contributed by atoms with van der Waals surface area (Å²) in [7, 11) is 1.86. The SMILES string of the molecule is Cc1c(N)cccc1N1CCCN(C)C(=O)C1. The lowest BCUT2D eigenvalue weighted by Gasteiger charge is -2.24. The Balaban J connectivity index is 2.27. The summed E-state index contributed by atoms with van der Waals surface area (Å²) in [6, 6.07) is 5.87. The van der Waals surface area contributed by atoms with Crippen LogP contribution in [0.15, 0.2) is 18.2 Å². The molecule has 1 aromatic carbocycles. The van der Waals surface area contributed by atoms with Gasteiger partial charge < -0.3 is 15.5 Å². The van der Waals surface area contributed by atoms with Gasteiger partial charge >= 0.3 is 0 Å². The number of nitrogens with zero attached hydrogens (tertiary/aromatic N) is 2. The van der Waals surface area contributed by atoms with Gasteiger partial charge in [0.15, 0.2) is 0 Å². The summed E-state index contributed by atoms with van der Waals surface area (Å²) in [5.74, 6) is 0.171. The Kier molecular flexibility index (Phi) is 3.22. The molecule has 2 rings (SSSR count). The van der Waals surface area contributed by atoms with E-state index in [-0.39, 0.29) is 5.91 Å². The molecule has 1 saturated heterocycles. The minimum atomic E-state index is 0.171. The van der Waals surface area contributed by atoms with Crippen LogP contribution in [-0.4, -0.2) is 37.5 Å². The first-order valence-corrected chi connectivity index (χ1v) is 5.93. The van der Waals surface area contributed by atoms with Crippen molar-refractivity contribution in [1.82, 2.24) is 4.90 Å². The second kappa shape index (κ2) is 4.65. The van der Waals surface area contributed by atoms with Crippen molar-refractivity contribution in [2.75, 3.05) is 37.3 Å². The molecule has 1 heterocycles. The normalized spacial score (nSPS) is 17.2. The van der Waals surface area contributed by atoms with Crippen LogP contribution in [0.4, 0.5) is 11.4 Å². The highest BCUT2D eigenvalue weighted by Crippen LogP contribution is 2.25. The number of hydrogen-bond acceptors (Lipinski definition) is 3. The Bertz CT molecular complexity index is 431. The molecule has 0 unspecified atom stereocenters. The molecular weight excluding hydrogens is 214 g/mol. The fourth-order valence-electron chi connectivity index (χ4n) is 2.18. The Labute approximate surface area is 102 Å². The summed E-state index contributed by atoms with van der Waals surface area (Å²) in [5, 5.41) is 0. The number of rotatable bonds is 1. The molecule has 1 aliphatic rings. The van der Waals surface area contributed by atoms with Crippen LogP contribution in [0.25, 0.3) is 0 Å². The van der Waals surface area contributed by atoms with Crippen LogP contribution in [0.3, 0.4) is 0 Å². The number of amides is 1. The number of carbonyl (C=O) groups excluding carboxylic acids is 1. The van der Waals surface area contributed by atoms with Gasteiger partial charge in [0.1, 0.15) is 0 Å². The topological polar surface area (TPSA) is 49.6 Å². The monoisotopic (exact) mass is 233 g/mol. The van der Waals surface area contributed by atoms with Gasteiger partial charge in [-0.2, -0.15) is 0 Å². The summed E-state index contributed by atoms with van der Waals surface area (Å²) in [4.78, 5) is 15.8. The summed E-state index contributed by atoms with van der Waals surface area (Å²) in [5.41, 5.74) is 8.83. The first-order valence-electron chi connectivity index (χ1n) is 5.93. The third kappa shape index (κ3) is 2.35. The molecule has 0 spiro atoms. The van der Waals surface area contributed by atoms with Crippen LogP contribution in [-0.2, 0) is 4.79 Å². The lowest BCUT2D eigenvalue weighted by molar-refractivity contribution is -0.127. The Morgan fingerprint density at radius 3 is 2.82 bits per heavy atom. The lowest BCUT2D eigenvalue weighted by atomic mass is 10.1. The summed E-state index contributed by atoms with van der Waals surface area (Å²) < 4.78 is 0. The van der Waals surface area contributed by atoms with Crippen molar-refractivity contribution in [2.45, 2.75) is 13.3 Å². The second-order valence-electron chi connectivity index (χ2n) is 4.58. The van der Waals surface area contributed by atoms with Crippen molar-refractivity contribution in [2.24, 2.45) is 0 Å². The van der Waals surface area contributed by atoms with E-state index < -0.39 is 0 Å². The number of likely N-dealkylation sites (N-methyl/N-ethyl adjacent to an activating group) is 1. The van der Waals surface area contributed by atoms with Gasteiger partial charge in [-0.25, -0.2) is 0 Å². The first-order chi connectivity index (χ1) is 8.09. The van der Waals surface area contributed by atoms with Crippen LogP contribution in [0.2, 0.25) is 0 Å². The molecular formula is C13H19N3O. The highest BCUT2D eigenvalue weighted by Gasteiger charge is 2.20. The molecule has 1 amide bonds. The third-order valence-corrected chi connectivity index (χ3v) is 3.36. The maximum Gasteiger partial charge on any atom is 0.241 e. The highest BCUT2D eigenvalue weighted by molar-refractivity contribution is 5.82. The Morgan fingerprint density at radius 1 is 1.29 bits per heavy atom. The molecule has 0 bridgehead atoms. The molecule has 0 saturated carbocycles. The van der Waals surface area contributed by atoms with Gasteiger partial charge in [0.05, 0.1) is 6.54 Å². The molecule has 2 N–H and O–H groups in total. The van der Waals surface area contributed by atoms with E-state index in [1.807, 2.05) is 32.2 Å². The molecule has 1 fully saturated rings. The Morgan fingerprint density at radius 2 is 2.06 bits per heavy atom. The zero-order chi connectivity index (χ0) is 12.4. The second-order valence-corrected chi connectivity index (χ2v) is 4.58. The van der Waals surface area contributed by atoms with Gasteiger partial charge in [0.2, 0.25) is 5.91 Å². The number of carbonyl (C=O) groups is 1. The van der Waals surface area contributed by atoms with Crippen LogP contribution in [0.1, 0.15) is 12.0 Å².